The summed E-state index contributed by atoms with van der Waals surface area (Å²) in [6.07, 6.45) is -1.71. The van der Waals surface area contributed by atoms with Gasteiger partial charge in [-0.15, -0.1) is 0 Å². The Bertz CT molecular complexity index is 1040. The Morgan fingerprint density at radius 1 is 1.09 bits per heavy atom. The average molecular weight is 468 g/mol. The van der Waals surface area contributed by atoms with Crippen LogP contribution in [0.15, 0.2) is 48.5 Å². The first kappa shape index (κ1) is 23.7. The molecule has 0 bridgehead atoms. The molecule has 3 N–H and O–H groups in total. The smallest absolute Gasteiger partial charge is 0.407 e. The van der Waals surface area contributed by atoms with Gasteiger partial charge in [0.05, 0.1) is 6.10 Å². The number of benzene rings is 2. The van der Waals surface area contributed by atoms with Gasteiger partial charge in [0.15, 0.2) is 0 Å². The van der Waals surface area contributed by atoms with Gasteiger partial charge in [0.25, 0.3) is 0 Å². The fourth-order valence-corrected chi connectivity index (χ4v) is 4.82. The number of carbonyl (C=O) groups excluding carboxylic acids is 2. The molecule has 9 nitrogen and oxygen atoms in total. The van der Waals surface area contributed by atoms with Crippen molar-refractivity contribution in [2.24, 2.45) is 0 Å². The van der Waals surface area contributed by atoms with Gasteiger partial charge in [-0.2, -0.15) is 0 Å². The normalized spacial score (nSPS) is 20.1. The number of hydrogen-bond acceptors (Lipinski definition) is 6. The van der Waals surface area contributed by atoms with Crippen LogP contribution >= 0.6 is 0 Å². The molecule has 4 rings (SSSR count). The van der Waals surface area contributed by atoms with Crippen LogP contribution in [0.5, 0.6) is 0 Å². The molecule has 9 heteroatoms. The Morgan fingerprint density at radius 2 is 1.68 bits per heavy atom. The number of alkyl carbamates (subject to hydrolysis) is 1. The number of likely N-dealkylation sites (tertiary alicyclic amines) is 1. The zero-order valence-corrected chi connectivity index (χ0v) is 19.2. The van der Waals surface area contributed by atoms with Crippen LogP contribution in [0.3, 0.4) is 0 Å². The molecule has 2 aliphatic rings. The molecule has 1 aliphatic carbocycles. The number of fused-ring (bicyclic) bond motifs is 3. The lowest BCUT2D eigenvalue weighted by Gasteiger charge is -2.28. The topological polar surface area (TPSA) is 119 Å². The van der Waals surface area contributed by atoms with Crippen LogP contribution in [0.1, 0.15) is 23.5 Å². The molecule has 1 saturated heterocycles. The van der Waals surface area contributed by atoms with Crippen molar-refractivity contribution in [3.63, 3.8) is 0 Å². The number of amides is 2. The summed E-state index contributed by atoms with van der Waals surface area (Å²) >= 11 is 0. The minimum absolute atomic E-state index is 0.0410. The molecular weight excluding hydrogens is 438 g/mol. The lowest BCUT2D eigenvalue weighted by molar-refractivity contribution is -0.149. The highest BCUT2D eigenvalue weighted by Gasteiger charge is 2.42. The average Bonchev–Trinajstić information content (AvgIpc) is 3.35. The fraction of sp³-hybridized carbons (Fsp3) is 0.400. The molecule has 34 heavy (non-hydrogen) atoms. The maximum absolute atomic E-state index is 13.1. The van der Waals surface area contributed by atoms with Crippen molar-refractivity contribution < 1.29 is 29.3 Å². The van der Waals surface area contributed by atoms with Gasteiger partial charge in [-0.3, -0.25) is 4.79 Å². The van der Waals surface area contributed by atoms with E-state index in [0.717, 1.165) is 27.2 Å². The van der Waals surface area contributed by atoms with Crippen LogP contribution in [0.4, 0.5) is 4.79 Å². The van der Waals surface area contributed by atoms with Crippen molar-refractivity contribution in [2.45, 2.75) is 30.5 Å². The summed E-state index contributed by atoms with van der Waals surface area (Å²) in [7, 11) is 3.49. The zero-order chi connectivity index (χ0) is 24.4. The van der Waals surface area contributed by atoms with E-state index in [1.54, 1.807) is 19.0 Å². The molecule has 0 aromatic heterocycles. The van der Waals surface area contributed by atoms with E-state index in [1.807, 2.05) is 48.5 Å². The van der Waals surface area contributed by atoms with Gasteiger partial charge in [-0.1, -0.05) is 48.5 Å². The molecule has 1 unspecified atom stereocenters. The van der Waals surface area contributed by atoms with Gasteiger partial charge in [-0.05, 0) is 36.3 Å². The Labute approximate surface area is 197 Å². The second kappa shape index (κ2) is 9.82. The summed E-state index contributed by atoms with van der Waals surface area (Å²) in [5.74, 6) is -1.87. The van der Waals surface area contributed by atoms with Crippen molar-refractivity contribution in [1.82, 2.24) is 15.1 Å². The summed E-state index contributed by atoms with van der Waals surface area (Å²) in [4.78, 5) is 40.2. The molecule has 0 saturated carbocycles. The number of aliphatic hydroxyl groups excluding tert-OH is 1. The summed E-state index contributed by atoms with van der Waals surface area (Å²) in [6.45, 7) is 0.164. The number of carboxylic acids is 1. The lowest BCUT2D eigenvalue weighted by Crippen LogP contribution is -2.55. The van der Waals surface area contributed by atoms with E-state index in [-0.39, 0.29) is 32.0 Å². The van der Waals surface area contributed by atoms with E-state index in [2.05, 4.69) is 5.32 Å². The van der Waals surface area contributed by atoms with Crippen molar-refractivity contribution in [1.29, 1.82) is 0 Å². The van der Waals surface area contributed by atoms with Gasteiger partial charge in [0, 0.05) is 25.4 Å². The number of β-amino-alcohol motifs (C(OH)–C–C–N with tert-alkyl or cyclic N) is 1. The fourth-order valence-electron chi connectivity index (χ4n) is 4.82. The second-order valence-corrected chi connectivity index (χ2v) is 9.02. The predicted molar refractivity (Wildman–Crippen MR) is 124 cm³/mol. The van der Waals surface area contributed by atoms with Crippen LogP contribution in [0.25, 0.3) is 11.1 Å². The third kappa shape index (κ3) is 4.76. The van der Waals surface area contributed by atoms with Crippen LogP contribution in [-0.2, 0) is 14.3 Å². The number of ether oxygens (including phenoxy) is 1. The first-order chi connectivity index (χ1) is 16.3. The Kier molecular flexibility index (Phi) is 6.85. The zero-order valence-electron chi connectivity index (χ0n) is 19.2. The van der Waals surface area contributed by atoms with Crippen LogP contribution < -0.4 is 5.32 Å². The minimum Gasteiger partial charge on any atom is -0.480 e. The molecule has 1 fully saturated rings. The summed E-state index contributed by atoms with van der Waals surface area (Å²) in [5.41, 5.74) is 4.38. The predicted octanol–water partition coefficient (Wildman–Crippen LogP) is 1.50. The van der Waals surface area contributed by atoms with Crippen molar-refractivity contribution in [2.75, 3.05) is 33.8 Å². The summed E-state index contributed by atoms with van der Waals surface area (Å²) in [6, 6.07) is 13.8. The van der Waals surface area contributed by atoms with Gasteiger partial charge in [0.2, 0.25) is 5.91 Å². The molecule has 2 amide bonds. The van der Waals surface area contributed by atoms with E-state index in [4.69, 9.17) is 4.74 Å². The third-order valence-electron chi connectivity index (χ3n) is 6.33. The van der Waals surface area contributed by atoms with E-state index in [1.165, 1.54) is 0 Å². The van der Waals surface area contributed by atoms with E-state index >= 15 is 0 Å². The Hall–Kier alpha value is -3.43. The first-order valence-corrected chi connectivity index (χ1v) is 11.2. The number of carbonyl (C=O) groups is 3. The molecule has 3 atom stereocenters. The first-order valence-electron chi connectivity index (χ1n) is 11.2. The largest absolute Gasteiger partial charge is 0.480 e. The maximum Gasteiger partial charge on any atom is 0.407 e. The van der Waals surface area contributed by atoms with E-state index < -0.39 is 36.2 Å². The van der Waals surface area contributed by atoms with Gasteiger partial charge in [0.1, 0.15) is 18.7 Å². The number of carboxylic acid groups (broad SMARTS) is 1. The van der Waals surface area contributed by atoms with Crippen molar-refractivity contribution in [3.05, 3.63) is 59.7 Å². The second-order valence-electron chi connectivity index (χ2n) is 9.02. The highest BCUT2D eigenvalue weighted by molar-refractivity contribution is 5.90. The summed E-state index contributed by atoms with van der Waals surface area (Å²) < 4.78 is 5.55. The maximum atomic E-state index is 13.1. The Morgan fingerprint density at radius 3 is 2.24 bits per heavy atom. The molecule has 2 aromatic carbocycles. The van der Waals surface area contributed by atoms with Crippen LogP contribution in [-0.4, -0.2) is 90.0 Å². The summed E-state index contributed by atoms with van der Waals surface area (Å²) in [5, 5.41) is 21.9. The van der Waals surface area contributed by atoms with Crippen LogP contribution in [0, 0.1) is 0 Å². The molecular formula is C25H29N3O6. The Balaban J connectivity index is 1.45. The lowest BCUT2D eigenvalue weighted by atomic mass is 9.98. The van der Waals surface area contributed by atoms with Crippen molar-refractivity contribution in [3.8, 4) is 11.1 Å². The number of nitrogens with one attached hydrogen (secondary N) is 1. The molecule has 2 aromatic rings. The minimum atomic E-state index is -1.19. The SMILES string of the molecule is CN(C)CC(NC(=O)OCC1c2ccccc2-c2ccccc21)C(=O)N1C[C@@H](O)C[C@H]1C(=O)O. The monoisotopic (exact) mass is 467 g/mol. The van der Waals surface area contributed by atoms with E-state index in [9.17, 15) is 24.6 Å². The molecule has 1 heterocycles. The number of likely N-dealkylation sites (N-methyl/N-ethyl adjacent to an activating group) is 1. The molecule has 0 radical (unpaired) electrons. The van der Waals surface area contributed by atoms with Gasteiger partial charge >= 0.3 is 12.1 Å². The number of hydrogen-bond donors (Lipinski definition) is 3. The van der Waals surface area contributed by atoms with Crippen LogP contribution in [0.2, 0.25) is 0 Å². The van der Waals surface area contributed by atoms with Gasteiger partial charge < -0.3 is 30.1 Å². The van der Waals surface area contributed by atoms with E-state index in [0.29, 0.717) is 0 Å². The van der Waals surface area contributed by atoms with Gasteiger partial charge in [-0.25, -0.2) is 9.59 Å². The highest BCUT2D eigenvalue weighted by Crippen LogP contribution is 2.44. The number of rotatable bonds is 7. The quantitative estimate of drug-likeness (QED) is 0.565. The standard InChI is InChI=1S/C25H29N3O6/c1-27(2)13-21(23(30)28-12-15(29)11-22(28)24(31)32)26-25(33)34-14-20-18-9-5-3-7-16(18)17-8-4-6-10-19(17)20/h3-10,15,20-22,29H,11-14H2,1-2H3,(H,26,33)(H,31,32)/t15-,21?,22-/m0/s1. The number of nitrogens with zero attached hydrogens (tertiary/aromatic N) is 2. The number of aliphatic carboxylic acids is 1. The highest BCUT2D eigenvalue weighted by atomic mass is 16.5. The molecule has 0 spiro atoms. The third-order valence-corrected chi connectivity index (χ3v) is 6.33. The van der Waals surface area contributed by atoms with Crippen molar-refractivity contribution >= 4 is 18.0 Å². The molecule has 1 aliphatic heterocycles. The number of aliphatic hydroxyl groups is 1. The molecule has 180 valence electrons.